The molecule has 0 aliphatic heterocycles. The molecule has 5 heteroatoms. The van der Waals surface area contributed by atoms with Crippen molar-refractivity contribution < 1.29 is 14.3 Å². The third-order valence-electron chi connectivity index (χ3n) is 2.63. The van der Waals surface area contributed by atoms with Gasteiger partial charge in [-0.25, -0.2) is 0 Å². The predicted molar refractivity (Wildman–Crippen MR) is 77.0 cm³/mol. The molecule has 0 atom stereocenters. The minimum Gasteiger partial charge on any atom is -0.469 e. The number of amides is 1. The molecular formula is C14H19NO3S. The van der Waals surface area contributed by atoms with Gasteiger partial charge in [0, 0.05) is 35.8 Å². The zero-order valence-electron chi connectivity index (χ0n) is 11.5. The summed E-state index contributed by atoms with van der Waals surface area (Å²) in [5.74, 6) is -0.304. The first-order valence-corrected chi connectivity index (χ1v) is 6.91. The monoisotopic (exact) mass is 281 g/mol. The second kappa shape index (κ2) is 7.74. The zero-order valence-corrected chi connectivity index (χ0v) is 12.3. The molecule has 0 saturated carbocycles. The van der Waals surface area contributed by atoms with Crippen molar-refractivity contribution in [1.82, 2.24) is 4.90 Å². The number of aryl methyl sites for hydroxylation is 1. The molecule has 0 aromatic carbocycles. The quantitative estimate of drug-likeness (QED) is 0.594. The SMILES string of the molecule is COC(=O)CCCN(C)C(=O)C=Cc1ccc(C)s1. The Balaban J connectivity index is 2.36. The van der Waals surface area contributed by atoms with Gasteiger partial charge in [-0.1, -0.05) is 0 Å². The second-order valence-electron chi connectivity index (χ2n) is 4.22. The van der Waals surface area contributed by atoms with Crippen LogP contribution >= 0.6 is 11.3 Å². The van der Waals surface area contributed by atoms with E-state index in [0.717, 1.165) is 4.88 Å². The summed E-state index contributed by atoms with van der Waals surface area (Å²) in [5.41, 5.74) is 0. The van der Waals surface area contributed by atoms with Crippen molar-refractivity contribution in [2.75, 3.05) is 20.7 Å². The molecule has 1 aromatic heterocycles. The maximum absolute atomic E-state index is 11.8. The predicted octanol–water partition coefficient (Wildman–Crippen LogP) is 2.48. The van der Waals surface area contributed by atoms with Crippen molar-refractivity contribution in [3.05, 3.63) is 28.0 Å². The number of hydrogen-bond acceptors (Lipinski definition) is 4. The Hall–Kier alpha value is -1.62. The van der Waals surface area contributed by atoms with E-state index in [0.29, 0.717) is 19.4 Å². The summed E-state index contributed by atoms with van der Waals surface area (Å²) in [4.78, 5) is 26.6. The number of esters is 1. The van der Waals surface area contributed by atoms with Crippen molar-refractivity contribution in [2.45, 2.75) is 19.8 Å². The Morgan fingerprint density at radius 2 is 2.16 bits per heavy atom. The molecule has 1 rings (SSSR count). The lowest BCUT2D eigenvalue weighted by molar-refractivity contribution is -0.141. The van der Waals surface area contributed by atoms with Crippen LogP contribution in [0.3, 0.4) is 0 Å². The number of ether oxygens (including phenoxy) is 1. The fraction of sp³-hybridized carbons (Fsp3) is 0.429. The third kappa shape index (κ3) is 5.70. The largest absolute Gasteiger partial charge is 0.469 e. The number of carbonyl (C=O) groups is 2. The number of methoxy groups -OCH3 is 1. The normalized spacial score (nSPS) is 10.7. The van der Waals surface area contributed by atoms with E-state index in [2.05, 4.69) is 4.74 Å². The maximum atomic E-state index is 11.8. The summed E-state index contributed by atoms with van der Waals surface area (Å²) in [7, 11) is 3.09. The number of hydrogen-bond donors (Lipinski definition) is 0. The Kier molecular flexibility index (Phi) is 6.29. The number of thiophene rings is 1. The van der Waals surface area contributed by atoms with Gasteiger partial charge in [0.1, 0.15) is 0 Å². The van der Waals surface area contributed by atoms with Crippen molar-refractivity contribution >= 4 is 29.3 Å². The fourth-order valence-electron chi connectivity index (χ4n) is 1.50. The van der Waals surface area contributed by atoms with Gasteiger partial charge < -0.3 is 9.64 Å². The molecule has 4 nitrogen and oxygen atoms in total. The van der Waals surface area contributed by atoms with E-state index < -0.39 is 0 Å². The highest BCUT2D eigenvalue weighted by molar-refractivity contribution is 7.12. The van der Waals surface area contributed by atoms with E-state index in [9.17, 15) is 9.59 Å². The van der Waals surface area contributed by atoms with Crippen LogP contribution in [0.2, 0.25) is 0 Å². The molecule has 0 bridgehead atoms. The lowest BCUT2D eigenvalue weighted by atomic mass is 10.3. The van der Waals surface area contributed by atoms with Crippen LogP contribution in [0.1, 0.15) is 22.6 Å². The van der Waals surface area contributed by atoms with Gasteiger partial charge >= 0.3 is 5.97 Å². The number of carbonyl (C=O) groups excluding carboxylic acids is 2. The lowest BCUT2D eigenvalue weighted by Gasteiger charge is -2.14. The molecule has 0 saturated heterocycles. The molecule has 104 valence electrons. The smallest absolute Gasteiger partial charge is 0.305 e. The van der Waals surface area contributed by atoms with Crippen LogP contribution in [0.4, 0.5) is 0 Å². The van der Waals surface area contributed by atoms with Crippen LogP contribution in [-0.2, 0) is 14.3 Å². The van der Waals surface area contributed by atoms with Gasteiger partial charge in [-0.15, -0.1) is 11.3 Å². The molecule has 0 N–H and O–H groups in total. The van der Waals surface area contributed by atoms with Gasteiger partial charge in [-0.3, -0.25) is 9.59 Å². The van der Waals surface area contributed by atoms with Gasteiger partial charge in [0.25, 0.3) is 0 Å². The summed E-state index contributed by atoms with van der Waals surface area (Å²) >= 11 is 1.65. The van der Waals surface area contributed by atoms with E-state index in [4.69, 9.17) is 0 Å². The molecule has 0 spiro atoms. The van der Waals surface area contributed by atoms with Crippen molar-refractivity contribution in [3.8, 4) is 0 Å². The van der Waals surface area contributed by atoms with E-state index in [1.807, 2.05) is 25.1 Å². The van der Waals surface area contributed by atoms with Crippen molar-refractivity contribution in [3.63, 3.8) is 0 Å². The molecule has 0 aliphatic carbocycles. The molecule has 0 aliphatic rings. The first-order valence-electron chi connectivity index (χ1n) is 6.09. The lowest BCUT2D eigenvalue weighted by Crippen LogP contribution is -2.26. The minimum atomic E-state index is -0.245. The summed E-state index contributed by atoms with van der Waals surface area (Å²) in [6.07, 6.45) is 4.32. The van der Waals surface area contributed by atoms with E-state index in [1.54, 1.807) is 29.4 Å². The summed E-state index contributed by atoms with van der Waals surface area (Å²) in [6.45, 7) is 2.57. The first kappa shape index (κ1) is 15.4. The standard InChI is InChI=1S/C14H19NO3S/c1-11-6-7-12(19-11)8-9-13(16)15(2)10-4-5-14(17)18-3/h6-9H,4-5,10H2,1-3H3. The number of likely N-dealkylation sites (N-methyl/N-ethyl adjacent to an activating group) is 1. The van der Waals surface area contributed by atoms with Gasteiger partial charge in [-0.2, -0.15) is 0 Å². The molecule has 19 heavy (non-hydrogen) atoms. The van der Waals surface area contributed by atoms with Crippen LogP contribution in [0.15, 0.2) is 18.2 Å². The molecule has 1 heterocycles. The van der Waals surface area contributed by atoms with Crippen molar-refractivity contribution in [2.24, 2.45) is 0 Å². The number of rotatable bonds is 6. The maximum Gasteiger partial charge on any atom is 0.305 e. The average Bonchev–Trinajstić information content (AvgIpc) is 2.81. The van der Waals surface area contributed by atoms with Gasteiger partial charge in [0.15, 0.2) is 0 Å². The van der Waals surface area contributed by atoms with Gasteiger partial charge in [0.05, 0.1) is 7.11 Å². The molecular weight excluding hydrogens is 262 g/mol. The van der Waals surface area contributed by atoms with Crippen LogP contribution in [0.5, 0.6) is 0 Å². The van der Waals surface area contributed by atoms with Crippen molar-refractivity contribution in [1.29, 1.82) is 0 Å². The van der Waals surface area contributed by atoms with Crippen LogP contribution < -0.4 is 0 Å². The fourth-order valence-corrected chi connectivity index (χ4v) is 2.28. The molecule has 0 fully saturated rings. The third-order valence-corrected chi connectivity index (χ3v) is 3.60. The van der Waals surface area contributed by atoms with Crippen LogP contribution in [0, 0.1) is 6.92 Å². The molecule has 0 unspecified atom stereocenters. The summed E-state index contributed by atoms with van der Waals surface area (Å²) < 4.78 is 4.55. The Morgan fingerprint density at radius 3 is 2.74 bits per heavy atom. The minimum absolute atomic E-state index is 0.0593. The topological polar surface area (TPSA) is 46.6 Å². The first-order chi connectivity index (χ1) is 9.02. The van der Waals surface area contributed by atoms with E-state index in [1.165, 1.54) is 12.0 Å². The zero-order chi connectivity index (χ0) is 14.3. The average molecular weight is 281 g/mol. The molecule has 0 radical (unpaired) electrons. The second-order valence-corrected chi connectivity index (χ2v) is 5.54. The number of nitrogens with zero attached hydrogens (tertiary/aromatic N) is 1. The Labute approximate surface area is 117 Å². The highest BCUT2D eigenvalue weighted by Crippen LogP contribution is 2.16. The van der Waals surface area contributed by atoms with Crippen LogP contribution in [-0.4, -0.2) is 37.5 Å². The van der Waals surface area contributed by atoms with Crippen LogP contribution in [0.25, 0.3) is 6.08 Å². The highest BCUT2D eigenvalue weighted by Gasteiger charge is 2.06. The van der Waals surface area contributed by atoms with E-state index >= 15 is 0 Å². The van der Waals surface area contributed by atoms with Gasteiger partial charge in [-0.05, 0) is 31.6 Å². The summed E-state index contributed by atoms with van der Waals surface area (Å²) in [6, 6.07) is 4.01. The Morgan fingerprint density at radius 1 is 1.42 bits per heavy atom. The summed E-state index contributed by atoms with van der Waals surface area (Å²) in [5, 5.41) is 0. The van der Waals surface area contributed by atoms with Gasteiger partial charge in [0.2, 0.25) is 5.91 Å². The molecule has 1 amide bonds. The Bertz CT molecular complexity index is 465. The van der Waals surface area contributed by atoms with E-state index in [-0.39, 0.29) is 11.9 Å². The highest BCUT2D eigenvalue weighted by atomic mass is 32.1. The molecule has 1 aromatic rings.